The van der Waals surface area contributed by atoms with E-state index >= 15 is 0 Å². The molecular weight excluding hydrogens is 294 g/mol. The van der Waals surface area contributed by atoms with Crippen LogP contribution >= 0.6 is 0 Å². The molecule has 1 aromatic carbocycles. The molecule has 0 unspecified atom stereocenters. The molecule has 0 saturated heterocycles. The van der Waals surface area contributed by atoms with Crippen molar-refractivity contribution in [3.63, 3.8) is 0 Å². The fraction of sp³-hybridized carbons (Fsp3) is 0.556. The zero-order valence-corrected chi connectivity index (χ0v) is 14.9. The van der Waals surface area contributed by atoms with Crippen molar-refractivity contribution in [2.45, 2.75) is 53.5 Å². The van der Waals surface area contributed by atoms with Crippen molar-refractivity contribution in [3.05, 3.63) is 35.4 Å². The molecule has 0 aliphatic carbocycles. The van der Waals surface area contributed by atoms with Crippen LogP contribution in [-0.4, -0.2) is 22.2 Å². The molecule has 0 saturated carbocycles. The minimum atomic E-state index is -1.63. The highest BCUT2D eigenvalue weighted by molar-refractivity contribution is 5.98. The Morgan fingerprint density at radius 2 is 1.57 bits per heavy atom. The fourth-order valence-corrected chi connectivity index (χ4v) is 2.59. The predicted octanol–water partition coefficient (Wildman–Crippen LogP) is 3.40. The Labute approximate surface area is 138 Å². The monoisotopic (exact) mass is 323 g/mol. The summed E-state index contributed by atoms with van der Waals surface area (Å²) >= 11 is 0. The first-order valence-electron chi connectivity index (χ1n) is 7.73. The highest BCUT2D eigenvalue weighted by Gasteiger charge is 2.47. The summed E-state index contributed by atoms with van der Waals surface area (Å²) in [6, 6.07) is 8.22. The number of benzene rings is 1. The molecule has 0 spiro atoms. The van der Waals surface area contributed by atoms with Crippen molar-refractivity contribution < 1.29 is 19.8 Å². The summed E-state index contributed by atoms with van der Waals surface area (Å²) in [6.07, 6.45) is 0.106. The Bertz CT molecular complexity index is 530. The van der Waals surface area contributed by atoms with Crippen molar-refractivity contribution >= 4 is 11.9 Å². The van der Waals surface area contributed by atoms with Gasteiger partial charge in [-0.05, 0) is 44.2 Å². The normalized spacial score (nSPS) is 11.7. The van der Waals surface area contributed by atoms with E-state index in [2.05, 4.69) is 19.1 Å². The quantitative estimate of drug-likeness (QED) is 0.721. The van der Waals surface area contributed by atoms with Crippen molar-refractivity contribution in [3.8, 4) is 0 Å². The molecule has 0 amide bonds. The second-order valence-electron chi connectivity index (χ2n) is 6.63. The van der Waals surface area contributed by atoms with E-state index in [9.17, 15) is 9.59 Å². The summed E-state index contributed by atoms with van der Waals surface area (Å²) in [7, 11) is 0. The maximum absolute atomic E-state index is 10.8. The average molecular weight is 323 g/mol. The SMILES string of the molecule is CCC(C(=O)O)(C(=O)O)C(C)C.Cc1ccccc1C(C)(C)N. The third kappa shape index (κ3) is 5.06. The molecule has 0 aliphatic rings. The Morgan fingerprint density at radius 3 is 1.74 bits per heavy atom. The van der Waals surface area contributed by atoms with Gasteiger partial charge in [0.05, 0.1) is 0 Å². The molecule has 5 nitrogen and oxygen atoms in total. The van der Waals surface area contributed by atoms with Crippen LogP contribution in [0.25, 0.3) is 0 Å². The zero-order valence-electron chi connectivity index (χ0n) is 14.9. The first kappa shape index (κ1) is 21.1. The standard InChI is InChI=1S/C10H15N.C8H14O4/c1-8-6-4-5-7-9(8)10(2,3)11;1-4-8(5(2)3,6(9)10)7(11)12/h4-7H,11H2,1-3H3;5H,4H2,1-3H3,(H,9,10)(H,11,12). The summed E-state index contributed by atoms with van der Waals surface area (Å²) < 4.78 is 0. The molecule has 0 fully saturated rings. The highest BCUT2D eigenvalue weighted by Crippen LogP contribution is 2.32. The summed E-state index contributed by atoms with van der Waals surface area (Å²) in [6.45, 7) is 10.9. The molecule has 0 bridgehead atoms. The van der Waals surface area contributed by atoms with E-state index in [1.54, 1.807) is 20.8 Å². The van der Waals surface area contributed by atoms with E-state index in [1.165, 1.54) is 11.1 Å². The van der Waals surface area contributed by atoms with Crippen LogP contribution in [-0.2, 0) is 15.1 Å². The van der Waals surface area contributed by atoms with Crippen LogP contribution in [0, 0.1) is 18.3 Å². The Balaban J connectivity index is 0.000000422. The lowest BCUT2D eigenvalue weighted by Crippen LogP contribution is -2.43. The van der Waals surface area contributed by atoms with E-state index in [4.69, 9.17) is 15.9 Å². The van der Waals surface area contributed by atoms with Crippen LogP contribution in [0.2, 0.25) is 0 Å². The van der Waals surface area contributed by atoms with Gasteiger partial charge in [0.15, 0.2) is 5.41 Å². The lowest BCUT2D eigenvalue weighted by atomic mass is 9.75. The van der Waals surface area contributed by atoms with Gasteiger partial charge in [-0.25, -0.2) is 0 Å². The number of carboxylic acids is 2. The number of rotatable bonds is 5. The second-order valence-corrected chi connectivity index (χ2v) is 6.63. The minimum absolute atomic E-state index is 0.106. The van der Waals surface area contributed by atoms with Gasteiger partial charge in [0.2, 0.25) is 0 Å². The molecule has 4 N–H and O–H groups in total. The van der Waals surface area contributed by atoms with Crippen LogP contribution in [0.3, 0.4) is 0 Å². The Morgan fingerprint density at radius 1 is 1.13 bits per heavy atom. The van der Waals surface area contributed by atoms with Gasteiger partial charge in [-0.1, -0.05) is 45.0 Å². The van der Waals surface area contributed by atoms with Crippen molar-refractivity contribution in [1.29, 1.82) is 0 Å². The van der Waals surface area contributed by atoms with Gasteiger partial charge in [0.25, 0.3) is 0 Å². The second kappa shape index (κ2) is 8.11. The number of aryl methyl sites for hydroxylation is 1. The van der Waals surface area contributed by atoms with Crippen molar-refractivity contribution in [2.75, 3.05) is 0 Å². The molecular formula is C18H29NO4. The largest absolute Gasteiger partial charge is 0.480 e. The van der Waals surface area contributed by atoms with Gasteiger partial charge in [0.1, 0.15) is 0 Å². The number of aliphatic carboxylic acids is 2. The van der Waals surface area contributed by atoms with E-state index in [1.807, 2.05) is 26.0 Å². The summed E-state index contributed by atoms with van der Waals surface area (Å²) in [4.78, 5) is 21.5. The van der Waals surface area contributed by atoms with E-state index in [0.717, 1.165) is 0 Å². The van der Waals surface area contributed by atoms with Crippen LogP contribution in [0.15, 0.2) is 24.3 Å². The Hall–Kier alpha value is -1.88. The average Bonchev–Trinajstić information content (AvgIpc) is 2.38. The number of nitrogens with two attached hydrogens (primary N) is 1. The molecule has 1 rings (SSSR count). The number of carboxylic acid groups (broad SMARTS) is 2. The van der Waals surface area contributed by atoms with Gasteiger partial charge in [-0.3, -0.25) is 9.59 Å². The number of hydrogen-bond acceptors (Lipinski definition) is 3. The van der Waals surface area contributed by atoms with Crippen LogP contribution in [0.1, 0.15) is 52.2 Å². The van der Waals surface area contributed by atoms with Gasteiger partial charge in [0, 0.05) is 5.54 Å². The molecule has 130 valence electrons. The third-order valence-electron chi connectivity index (χ3n) is 4.15. The van der Waals surface area contributed by atoms with Crippen LogP contribution in [0.4, 0.5) is 0 Å². The molecule has 0 aliphatic heterocycles. The molecule has 23 heavy (non-hydrogen) atoms. The molecule has 1 aromatic rings. The van der Waals surface area contributed by atoms with E-state index in [-0.39, 0.29) is 12.0 Å². The van der Waals surface area contributed by atoms with Gasteiger partial charge in [-0.2, -0.15) is 0 Å². The van der Waals surface area contributed by atoms with Crippen LogP contribution < -0.4 is 5.73 Å². The van der Waals surface area contributed by atoms with E-state index < -0.39 is 23.3 Å². The fourth-order valence-electron chi connectivity index (χ4n) is 2.59. The zero-order chi connectivity index (χ0) is 18.4. The molecule has 0 heterocycles. The summed E-state index contributed by atoms with van der Waals surface area (Å²) in [5.74, 6) is -2.92. The molecule has 0 radical (unpaired) electrons. The summed E-state index contributed by atoms with van der Waals surface area (Å²) in [5.41, 5.74) is 6.60. The smallest absolute Gasteiger partial charge is 0.321 e. The third-order valence-corrected chi connectivity index (χ3v) is 4.15. The van der Waals surface area contributed by atoms with Gasteiger partial charge < -0.3 is 15.9 Å². The van der Waals surface area contributed by atoms with Crippen LogP contribution in [0.5, 0.6) is 0 Å². The lowest BCUT2D eigenvalue weighted by molar-refractivity contribution is -0.168. The maximum atomic E-state index is 10.8. The first-order valence-corrected chi connectivity index (χ1v) is 7.73. The summed E-state index contributed by atoms with van der Waals surface area (Å²) in [5, 5.41) is 17.6. The highest BCUT2D eigenvalue weighted by atomic mass is 16.4. The van der Waals surface area contributed by atoms with E-state index in [0.29, 0.717) is 0 Å². The number of hydrogen-bond donors (Lipinski definition) is 3. The van der Waals surface area contributed by atoms with Crippen molar-refractivity contribution in [2.24, 2.45) is 17.1 Å². The Kier molecular flexibility index (Phi) is 7.44. The molecule has 0 atom stereocenters. The molecule has 5 heteroatoms. The van der Waals surface area contributed by atoms with Gasteiger partial charge in [-0.15, -0.1) is 0 Å². The molecule has 0 aromatic heterocycles. The topological polar surface area (TPSA) is 101 Å². The number of carbonyl (C=O) groups is 2. The van der Waals surface area contributed by atoms with Gasteiger partial charge >= 0.3 is 11.9 Å². The predicted molar refractivity (Wildman–Crippen MR) is 91.2 cm³/mol. The maximum Gasteiger partial charge on any atom is 0.321 e. The minimum Gasteiger partial charge on any atom is -0.480 e. The van der Waals surface area contributed by atoms with Crippen molar-refractivity contribution in [1.82, 2.24) is 0 Å². The lowest BCUT2D eigenvalue weighted by Gasteiger charge is -2.26. The first-order chi connectivity index (χ1) is 10.4.